The van der Waals surface area contributed by atoms with Crippen molar-refractivity contribution < 1.29 is 26.2 Å². The largest absolute Gasteiger partial charge is 3.00 e. The Hall–Kier alpha value is -2.37. The molecule has 0 nitrogen and oxygen atoms in total. The Kier molecular flexibility index (Phi) is 15.6. The third-order valence-electron chi connectivity index (χ3n) is 3.18. The van der Waals surface area contributed by atoms with Crippen LogP contribution < -0.4 is 0 Å². The van der Waals surface area contributed by atoms with Crippen LogP contribution in [0.25, 0.3) is 0 Å². The predicted octanol–water partition coefficient (Wildman–Crippen LogP) is 7.11. The SMILES string of the molecule is C1=CCC=C1.[CH2-]c1ccccc1.[CH2-]c1ccccc1.[CH2-]c1ccccc1.[Zr+3]. The topological polar surface area (TPSA) is 0 Å². The molecule has 4 rings (SSSR count). The maximum Gasteiger partial charge on any atom is 3.00 e. The predicted molar refractivity (Wildman–Crippen MR) is 116 cm³/mol. The molecule has 1 radical (unpaired) electrons. The zero-order valence-corrected chi connectivity index (χ0v) is 18.3. The molecular formula is C26H27Zr. The first-order valence-corrected chi connectivity index (χ1v) is 8.61. The van der Waals surface area contributed by atoms with E-state index in [0.29, 0.717) is 0 Å². The normalized spacial score (nSPS) is 9.93. The van der Waals surface area contributed by atoms with Gasteiger partial charge in [-0.05, 0) is 6.42 Å². The Morgan fingerprint density at radius 3 is 0.815 bits per heavy atom. The van der Waals surface area contributed by atoms with Crippen molar-refractivity contribution in [2.45, 2.75) is 6.42 Å². The van der Waals surface area contributed by atoms with Crippen molar-refractivity contribution in [1.29, 1.82) is 0 Å². The van der Waals surface area contributed by atoms with Crippen LogP contribution in [0.3, 0.4) is 0 Å². The Balaban J connectivity index is 0.000000332. The van der Waals surface area contributed by atoms with Gasteiger partial charge in [0, 0.05) is 0 Å². The molecule has 0 heterocycles. The summed E-state index contributed by atoms with van der Waals surface area (Å²) in [6.07, 6.45) is 9.50. The van der Waals surface area contributed by atoms with E-state index in [1.165, 1.54) is 0 Å². The summed E-state index contributed by atoms with van der Waals surface area (Å²) in [5.41, 5.74) is 3.22. The Morgan fingerprint density at radius 1 is 0.444 bits per heavy atom. The van der Waals surface area contributed by atoms with Crippen LogP contribution in [0.5, 0.6) is 0 Å². The van der Waals surface area contributed by atoms with Crippen molar-refractivity contribution in [3.05, 3.63) is 153 Å². The number of rotatable bonds is 0. The van der Waals surface area contributed by atoms with E-state index in [9.17, 15) is 0 Å². The standard InChI is InChI=1S/3C7H7.C5H6.Zr/c3*1-7-5-3-2-4-6-7;1-2-4-5-3-1;/h3*2-6H,1H2;1-4H,5H2;/q3*-1;;+3. The molecule has 1 heteroatoms. The van der Waals surface area contributed by atoms with Crippen LogP contribution in [0, 0.1) is 20.8 Å². The van der Waals surface area contributed by atoms with E-state index in [1.54, 1.807) is 0 Å². The Bertz CT molecular complexity index is 630. The summed E-state index contributed by atoms with van der Waals surface area (Å²) in [5, 5.41) is 0. The molecule has 1 aliphatic rings. The van der Waals surface area contributed by atoms with Crippen molar-refractivity contribution in [3.8, 4) is 0 Å². The van der Waals surface area contributed by atoms with Gasteiger partial charge in [0.25, 0.3) is 0 Å². The Labute approximate surface area is 184 Å². The average molecular weight is 431 g/mol. The van der Waals surface area contributed by atoms with Gasteiger partial charge < -0.3 is 0 Å². The van der Waals surface area contributed by atoms with E-state index in [2.05, 4.69) is 45.1 Å². The zero-order valence-electron chi connectivity index (χ0n) is 15.8. The van der Waals surface area contributed by atoms with E-state index in [4.69, 9.17) is 0 Å². The number of allylic oxidation sites excluding steroid dienone is 4. The zero-order chi connectivity index (χ0) is 18.9. The second-order valence-corrected chi connectivity index (χ2v) is 5.55. The molecular weight excluding hydrogens is 404 g/mol. The van der Waals surface area contributed by atoms with Gasteiger partial charge in [0.05, 0.1) is 0 Å². The second-order valence-electron chi connectivity index (χ2n) is 5.55. The Morgan fingerprint density at radius 2 is 0.704 bits per heavy atom. The van der Waals surface area contributed by atoms with E-state index in [1.807, 2.05) is 91.0 Å². The fourth-order valence-corrected chi connectivity index (χ4v) is 1.83. The van der Waals surface area contributed by atoms with Gasteiger partial charge in [-0.3, -0.25) is 0 Å². The minimum absolute atomic E-state index is 0. The number of hydrogen-bond donors (Lipinski definition) is 0. The number of hydrogen-bond acceptors (Lipinski definition) is 0. The average Bonchev–Trinajstić information content (AvgIpc) is 3.25. The molecule has 1 aliphatic carbocycles. The molecule has 135 valence electrons. The quantitative estimate of drug-likeness (QED) is 0.333. The van der Waals surface area contributed by atoms with Crippen LogP contribution in [0.15, 0.2) is 115 Å². The molecule has 0 aromatic heterocycles. The molecule has 3 aromatic rings. The first-order chi connectivity index (χ1) is 12.7. The molecule has 0 unspecified atom stereocenters. The molecule has 0 atom stereocenters. The molecule has 0 amide bonds. The first-order valence-electron chi connectivity index (χ1n) is 8.61. The van der Waals surface area contributed by atoms with Crippen LogP contribution in [-0.4, -0.2) is 0 Å². The van der Waals surface area contributed by atoms with E-state index in [0.717, 1.165) is 23.1 Å². The van der Waals surface area contributed by atoms with Crippen molar-refractivity contribution in [1.82, 2.24) is 0 Å². The van der Waals surface area contributed by atoms with E-state index < -0.39 is 0 Å². The first kappa shape index (κ1) is 24.6. The minimum Gasteiger partial charge on any atom is -0.199 e. The van der Waals surface area contributed by atoms with Crippen LogP contribution in [0.2, 0.25) is 0 Å². The minimum atomic E-state index is 0. The van der Waals surface area contributed by atoms with E-state index >= 15 is 0 Å². The van der Waals surface area contributed by atoms with Gasteiger partial charge in [-0.2, -0.15) is 73.9 Å². The summed E-state index contributed by atoms with van der Waals surface area (Å²) in [7, 11) is 0. The third kappa shape index (κ3) is 15.6. The molecule has 27 heavy (non-hydrogen) atoms. The molecule has 0 spiro atoms. The van der Waals surface area contributed by atoms with Crippen LogP contribution >= 0.6 is 0 Å². The van der Waals surface area contributed by atoms with E-state index in [-0.39, 0.29) is 26.2 Å². The maximum atomic E-state index is 3.72. The van der Waals surface area contributed by atoms with Gasteiger partial charge in [-0.25, -0.2) is 0 Å². The summed E-state index contributed by atoms with van der Waals surface area (Å²) in [6.45, 7) is 11.2. The molecule has 0 saturated carbocycles. The molecule has 3 aromatic carbocycles. The summed E-state index contributed by atoms with van der Waals surface area (Å²) in [5.74, 6) is 0. The van der Waals surface area contributed by atoms with Gasteiger partial charge in [-0.1, -0.05) is 42.5 Å². The molecule has 0 saturated heterocycles. The molecule has 0 bridgehead atoms. The smallest absolute Gasteiger partial charge is 0.199 e. The summed E-state index contributed by atoms with van der Waals surface area (Å²) in [4.78, 5) is 0. The van der Waals surface area contributed by atoms with Crippen LogP contribution in [0.1, 0.15) is 23.1 Å². The fraction of sp³-hybridized carbons (Fsp3) is 0.0385. The summed E-state index contributed by atoms with van der Waals surface area (Å²) < 4.78 is 0. The molecule has 0 N–H and O–H groups in total. The monoisotopic (exact) mass is 429 g/mol. The second kappa shape index (κ2) is 17.1. The van der Waals surface area contributed by atoms with Crippen molar-refractivity contribution in [2.24, 2.45) is 0 Å². The van der Waals surface area contributed by atoms with Crippen molar-refractivity contribution in [3.63, 3.8) is 0 Å². The maximum absolute atomic E-state index is 3.72. The third-order valence-corrected chi connectivity index (χ3v) is 3.18. The number of benzene rings is 3. The van der Waals surface area contributed by atoms with Gasteiger partial charge in [0.1, 0.15) is 0 Å². The van der Waals surface area contributed by atoms with Gasteiger partial charge in [0.2, 0.25) is 0 Å². The van der Waals surface area contributed by atoms with Crippen LogP contribution in [-0.2, 0) is 26.2 Å². The van der Waals surface area contributed by atoms with Crippen molar-refractivity contribution >= 4 is 0 Å². The summed E-state index contributed by atoms with van der Waals surface area (Å²) >= 11 is 0. The van der Waals surface area contributed by atoms with Crippen LogP contribution in [0.4, 0.5) is 0 Å². The van der Waals surface area contributed by atoms with Gasteiger partial charge >= 0.3 is 26.2 Å². The summed E-state index contributed by atoms with van der Waals surface area (Å²) in [6, 6.07) is 29.6. The van der Waals surface area contributed by atoms with Gasteiger partial charge in [-0.15, -0.1) is 36.4 Å². The van der Waals surface area contributed by atoms with Crippen molar-refractivity contribution in [2.75, 3.05) is 0 Å². The fourth-order valence-electron chi connectivity index (χ4n) is 1.83. The molecule has 0 fully saturated rings. The molecule has 0 aliphatic heterocycles. The van der Waals surface area contributed by atoms with Gasteiger partial charge in [0.15, 0.2) is 0 Å².